The van der Waals surface area contributed by atoms with E-state index in [1.54, 1.807) is 0 Å². The molecule has 3 rings (SSSR count). The number of amides is 1. The number of hydrogen-bond donors (Lipinski definition) is 1. The van der Waals surface area contributed by atoms with Gasteiger partial charge in [0.2, 0.25) is 0 Å². The number of carbonyl (C=O) groups excluding carboxylic acids is 2. The number of hydrogen-bond acceptors (Lipinski definition) is 6. The minimum atomic E-state index is -4.46. The number of alkyl halides is 3. The summed E-state index contributed by atoms with van der Waals surface area (Å²) in [6.45, 7) is 0.123. The van der Waals surface area contributed by atoms with Gasteiger partial charge in [0.25, 0.3) is 5.91 Å². The summed E-state index contributed by atoms with van der Waals surface area (Å²) in [5, 5.41) is 2.70. The molecular weight excluding hydrogens is 371 g/mol. The van der Waals surface area contributed by atoms with Crippen LogP contribution in [0.1, 0.15) is 15.9 Å². The van der Waals surface area contributed by atoms with Crippen LogP contribution in [0.15, 0.2) is 24.3 Å². The van der Waals surface area contributed by atoms with Gasteiger partial charge in [-0.05, 0) is 24.3 Å². The van der Waals surface area contributed by atoms with Gasteiger partial charge in [0.05, 0.1) is 31.9 Å². The van der Waals surface area contributed by atoms with E-state index in [1.165, 1.54) is 7.11 Å². The first-order valence-electron chi connectivity index (χ1n) is 8.19. The van der Waals surface area contributed by atoms with Crippen molar-refractivity contribution in [3.8, 4) is 0 Å². The minimum absolute atomic E-state index is 0.0999. The molecule has 1 aromatic rings. The Labute approximate surface area is 152 Å². The third kappa shape index (κ3) is 4.40. The van der Waals surface area contributed by atoms with E-state index in [0.717, 1.165) is 24.3 Å². The molecule has 1 amide bonds. The van der Waals surface area contributed by atoms with E-state index in [4.69, 9.17) is 14.2 Å². The molecule has 1 aromatic carbocycles. The van der Waals surface area contributed by atoms with E-state index in [-0.39, 0.29) is 25.4 Å². The van der Waals surface area contributed by atoms with Crippen molar-refractivity contribution in [1.29, 1.82) is 0 Å². The van der Waals surface area contributed by atoms with Gasteiger partial charge < -0.3 is 24.3 Å². The van der Waals surface area contributed by atoms with Gasteiger partial charge in [-0.25, -0.2) is 4.79 Å². The molecule has 2 fully saturated rings. The molecule has 2 aliphatic rings. The SMILES string of the molecule is COC(=O)COC1COC2C(NC(=O)c3ccc(C(F)(F)F)cc3)COC12. The molecule has 7 nitrogen and oxygen atoms in total. The molecule has 1 N–H and O–H groups in total. The largest absolute Gasteiger partial charge is 0.467 e. The van der Waals surface area contributed by atoms with Crippen LogP contribution in [0.5, 0.6) is 0 Å². The number of halogens is 3. The van der Waals surface area contributed by atoms with Gasteiger partial charge in [0, 0.05) is 5.56 Å². The molecule has 2 heterocycles. The average Bonchev–Trinajstić information content (AvgIpc) is 3.22. The number of nitrogens with one attached hydrogen (secondary N) is 1. The van der Waals surface area contributed by atoms with Crippen molar-refractivity contribution in [2.24, 2.45) is 0 Å². The van der Waals surface area contributed by atoms with Gasteiger partial charge in [-0.2, -0.15) is 13.2 Å². The first kappa shape index (κ1) is 19.6. The third-order valence-corrected chi connectivity index (χ3v) is 4.44. The van der Waals surface area contributed by atoms with Crippen LogP contribution in [0.3, 0.4) is 0 Å². The first-order chi connectivity index (χ1) is 12.8. The lowest BCUT2D eigenvalue weighted by Crippen LogP contribution is -2.44. The topological polar surface area (TPSA) is 83.1 Å². The smallest absolute Gasteiger partial charge is 0.416 e. The third-order valence-electron chi connectivity index (χ3n) is 4.44. The summed E-state index contributed by atoms with van der Waals surface area (Å²) in [5.41, 5.74) is -0.726. The van der Waals surface area contributed by atoms with Crippen LogP contribution in [-0.2, 0) is 29.9 Å². The number of benzene rings is 1. The number of esters is 1. The second kappa shape index (κ2) is 7.83. The molecule has 4 atom stereocenters. The van der Waals surface area contributed by atoms with Gasteiger partial charge in [-0.15, -0.1) is 0 Å². The number of fused-ring (bicyclic) bond motifs is 1. The van der Waals surface area contributed by atoms with Gasteiger partial charge >= 0.3 is 12.1 Å². The maximum Gasteiger partial charge on any atom is 0.416 e. The zero-order valence-electron chi connectivity index (χ0n) is 14.3. The number of carbonyl (C=O) groups is 2. The number of rotatable bonds is 5. The van der Waals surface area contributed by atoms with Crippen molar-refractivity contribution in [2.75, 3.05) is 26.9 Å². The molecule has 0 bridgehead atoms. The van der Waals surface area contributed by atoms with Crippen molar-refractivity contribution in [1.82, 2.24) is 5.32 Å². The van der Waals surface area contributed by atoms with Crippen LogP contribution in [0, 0.1) is 0 Å². The van der Waals surface area contributed by atoms with Crippen LogP contribution in [0.4, 0.5) is 13.2 Å². The fraction of sp³-hybridized carbons (Fsp3) is 0.529. The van der Waals surface area contributed by atoms with E-state index in [0.29, 0.717) is 0 Å². The quantitative estimate of drug-likeness (QED) is 0.761. The monoisotopic (exact) mass is 389 g/mol. The standard InChI is InChI=1S/C17H18F3NO6/c1-24-13(22)8-25-12-7-27-14-11(6-26-15(12)14)21-16(23)9-2-4-10(5-3-9)17(18,19)20/h2-5,11-12,14-15H,6-8H2,1H3,(H,21,23). The predicted molar refractivity (Wildman–Crippen MR) is 83.9 cm³/mol. The maximum absolute atomic E-state index is 12.6. The summed E-state index contributed by atoms with van der Waals surface area (Å²) in [5.74, 6) is -1.05. The fourth-order valence-corrected chi connectivity index (χ4v) is 3.03. The highest BCUT2D eigenvalue weighted by molar-refractivity contribution is 5.94. The predicted octanol–water partition coefficient (Wildman–Crippen LogP) is 1.16. The lowest BCUT2D eigenvalue weighted by molar-refractivity contribution is -0.150. The van der Waals surface area contributed by atoms with E-state index >= 15 is 0 Å². The summed E-state index contributed by atoms with van der Waals surface area (Å²) in [6, 6.07) is 3.46. The molecule has 0 saturated carbocycles. The van der Waals surface area contributed by atoms with E-state index in [1.807, 2.05) is 0 Å². The van der Waals surface area contributed by atoms with Crippen LogP contribution in [0.2, 0.25) is 0 Å². The molecule has 10 heteroatoms. The molecule has 2 aliphatic heterocycles. The van der Waals surface area contributed by atoms with Gasteiger partial charge in [0.15, 0.2) is 0 Å². The van der Waals surface area contributed by atoms with Crippen LogP contribution in [-0.4, -0.2) is 63.2 Å². The highest BCUT2D eigenvalue weighted by atomic mass is 19.4. The van der Waals surface area contributed by atoms with E-state index in [9.17, 15) is 22.8 Å². The summed E-state index contributed by atoms with van der Waals surface area (Å²) in [4.78, 5) is 23.4. The molecule has 148 valence electrons. The average molecular weight is 389 g/mol. The molecule has 2 saturated heterocycles. The van der Waals surface area contributed by atoms with Gasteiger partial charge in [-0.3, -0.25) is 4.79 Å². The van der Waals surface area contributed by atoms with Crippen LogP contribution < -0.4 is 5.32 Å². The minimum Gasteiger partial charge on any atom is -0.467 e. The van der Waals surface area contributed by atoms with E-state index in [2.05, 4.69) is 10.1 Å². The molecule has 27 heavy (non-hydrogen) atoms. The Morgan fingerprint density at radius 1 is 1.15 bits per heavy atom. The Morgan fingerprint density at radius 2 is 1.81 bits per heavy atom. The van der Waals surface area contributed by atoms with Crippen molar-refractivity contribution < 1.29 is 41.7 Å². The normalized spacial score (nSPS) is 27.3. The van der Waals surface area contributed by atoms with Crippen LogP contribution in [0.25, 0.3) is 0 Å². The summed E-state index contributed by atoms with van der Waals surface area (Å²) < 4.78 is 58.9. The molecule has 0 aromatic heterocycles. The lowest BCUT2D eigenvalue weighted by Gasteiger charge is -2.18. The Bertz CT molecular complexity index is 693. The van der Waals surface area contributed by atoms with Crippen molar-refractivity contribution in [3.63, 3.8) is 0 Å². The lowest BCUT2D eigenvalue weighted by atomic mass is 10.1. The first-order valence-corrected chi connectivity index (χ1v) is 8.19. The molecule has 0 radical (unpaired) electrons. The second-order valence-electron chi connectivity index (χ2n) is 6.18. The number of methoxy groups -OCH3 is 1. The summed E-state index contributed by atoms with van der Waals surface area (Å²) in [6.07, 6.45) is -5.85. The molecule has 0 spiro atoms. The molecular formula is C17H18F3NO6. The molecule has 0 aliphatic carbocycles. The Morgan fingerprint density at radius 3 is 2.44 bits per heavy atom. The Hall–Kier alpha value is -2.17. The van der Waals surface area contributed by atoms with Crippen molar-refractivity contribution in [3.05, 3.63) is 35.4 Å². The fourth-order valence-electron chi connectivity index (χ4n) is 3.03. The summed E-state index contributed by atoms with van der Waals surface area (Å²) in [7, 11) is 1.25. The highest BCUT2D eigenvalue weighted by Gasteiger charge is 2.49. The van der Waals surface area contributed by atoms with Crippen molar-refractivity contribution >= 4 is 11.9 Å². The van der Waals surface area contributed by atoms with E-state index < -0.39 is 48.0 Å². The van der Waals surface area contributed by atoms with Gasteiger partial charge in [0.1, 0.15) is 24.9 Å². The second-order valence-corrected chi connectivity index (χ2v) is 6.18. The van der Waals surface area contributed by atoms with Crippen LogP contribution >= 0.6 is 0 Å². The maximum atomic E-state index is 12.6. The zero-order valence-corrected chi connectivity index (χ0v) is 14.3. The summed E-state index contributed by atoms with van der Waals surface area (Å²) >= 11 is 0. The number of ether oxygens (including phenoxy) is 4. The Kier molecular flexibility index (Phi) is 5.68. The highest BCUT2D eigenvalue weighted by Crippen LogP contribution is 2.30. The van der Waals surface area contributed by atoms with Gasteiger partial charge in [-0.1, -0.05) is 0 Å². The zero-order chi connectivity index (χ0) is 19.6. The molecule has 4 unspecified atom stereocenters. The van der Waals surface area contributed by atoms with Crippen molar-refractivity contribution in [2.45, 2.75) is 30.5 Å². The Balaban J connectivity index is 1.56.